The van der Waals surface area contributed by atoms with Crippen LogP contribution < -0.4 is 5.32 Å². The Morgan fingerprint density at radius 3 is 2.89 bits per heavy atom. The standard InChI is InChI=1S/C12H16N2O3S/c1-9(12(16)17)14-11(15)5-7-18-8-10-4-2-3-6-13-10/h2-4,6,9H,5,7-8H2,1H3,(H,14,15)(H,16,17)/t9-/m0/s1. The van der Waals surface area contributed by atoms with Gasteiger partial charge < -0.3 is 10.4 Å². The number of carboxylic acid groups (broad SMARTS) is 1. The summed E-state index contributed by atoms with van der Waals surface area (Å²) in [5, 5.41) is 11.0. The summed E-state index contributed by atoms with van der Waals surface area (Å²) >= 11 is 1.60. The maximum Gasteiger partial charge on any atom is 0.325 e. The summed E-state index contributed by atoms with van der Waals surface area (Å²) in [6, 6.07) is 4.87. The van der Waals surface area contributed by atoms with E-state index < -0.39 is 12.0 Å². The number of hydrogen-bond donors (Lipinski definition) is 2. The number of aromatic nitrogens is 1. The minimum atomic E-state index is -1.02. The predicted octanol–water partition coefficient (Wildman–Crippen LogP) is 1.29. The van der Waals surface area contributed by atoms with Crippen LogP contribution in [0.5, 0.6) is 0 Å². The summed E-state index contributed by atoms with van der Waals surface area (Å²) < 4.78 is 0. The summed E-state index contributed by atoms with van der Waals surface area (Å²) in [5.41, 5.74) is 0.974. The quantitative estimate of drug-likeness (QED) is 0.729. The average Bonchev–Trinajstić information content (AvgIpc) is 2.35. The second kappa shape index (κ2) is 7.71. The summed E-state index contributed by atoms with van der Waals surface area (Å²) in [4.78, 5) is 26.1. The molecule has 0 fully saturated rings. The van der Waals surface area contributed by atoms with Gasteiger partial charge in [0, 0.05) is 24.1 Å². The molecule has 1 atom stereocenters. The van der Waals surface area contributed by atoms with Crippen molar-refractivity contribution in [3.63, 3.8) is 0 Å². The van der Waals surface area contributed by atoms with Crippen LogP contribution in [0.1, 0.15) is 19.0 Å². The van der Waals surface area contributed by atoms with Crippen LogP contribution in [0, 0.1) is 0 Å². The number of aliphatic carboxylic acids is 1. The molecule has 98 valence electrons. The van der Waals surface area contributed by atoms with Gasteiger partial charge in [-0.15, -0.1) is 0 Å². The van der Waals surface area contributed by atoms with Crippen molar-refractivity contribution < 1.29 is 14.7 Å². The molecule has 0 aliphatic rings. The first-order valence-electron chi connectivity index (χ1n) is 5.59. The van der Waals surface area contributed by atoms with Gasteiger partial charge >= 0.3 is 5.97 Å². The van der Waals surface area contributed by atoms with Gasteiger partial charge in [0.05, 0.1) is 5.69 Å². The fourth-order valence-corrected chi connectivity index (χ4v) is 2.05. The predicted molar refractivity (Wildman–Crippen MR) is 70.3 cm³/mol. The number of carbonyl (C=O) groups excluding carboxylic acids is 1. The lowest BCUT2D eigenvalue weighted by molar-refractivity contribution is -0.141. The SMILES string of the molecule is C[C@H](NC(=O)CCSCc1ccccn1)C(=O)O. The first kappa shape index (κ1) is 14.5. The van der Waals surface area contributed by atoms with E-state index in [1.54, 1.807) is 18.0 Å². The number of pyridine rings is 1. The van der Waals surface area contributed by atoms with Crippen molar-refractivity contribution in [1.82, 2.24) is 10.3 Å². The molecule has 6 heteroatoms. The minimum Gasteiger partial charge on any atom is -0.480 e. The zero-order valence-corrected chi connectivity index (χ0v) is 10.9. The van der Waals surface area contributed by atoms with Gasteiger partial charge in [-0.2, -0.15) is 11.8 Å². The molecule has 0 saturated carbocycles. The second-order valence-corrected chi connectivity index (χ2v) is 4.86. The molecule has 0 aliphatic carbocycles. The van der Waals surface area contributed by atoms with Crippen LogP contribution in [0.4, 0.5) is 0 Å². The molecule has 0 aromatic carbocycles. The van der Waals surface area contributed by atoms with Crippen LogP contribution in [0.25, 0.3) is 0 Å². The number of nitrogens with one attached hydrogen (secondary N) is 1. The van der Waals surface area contributed by atoms with Crippen LogP contribution in [0.3, 0.4) is 0 Å². The fourth-order valence-electron chi connectivity index (χ4n) is 1.20. The fraction of sp³-hybridized carbons (Fsp3) is 0.417. The number of rotatable bonds is 7. The maximum atomic E-state index is 11.4. The van der Waals surface area contributed by atoms with E-state index in [-0.39, 0.29) is 5.91 Å². The Labute approximate surface area is 110 Å². The lowest BCUT2D eigenvalue weighted by Crippen LogP contribution is -2.38. The van der Waals surface area contributed by atoms with Crippen LogP contribution in [0.2, 0.25) is 0 Å². The molecular weight excluding hydrogens is 252 g/mol. The summed E-state index contributed by atoms with van der Waals surface area (Å²) in [7, 11) is 0. The summed E-state index contributed by atoms with van der Waals surface area (Å²) in [6.45, 7) is 1.45. The van der Waals surface area contributed by atoms with E-state index in [0.29, 0.717) is 12.2 Å². The summed E-state index contributed by atoms with van der Waals surface area (Å²) in [6.07, 6.45) is 2.05. The Bertz CT molecular complexity index is 398. The molecule has 18 heavy (non-hydrogen) atoms. The van der Waals surface area contributed by atoms with E-state index in [4.69, 9.17) is 5.11 Å². The zero-order chi connectivity index (χ0) is 13.4. The molecule has 0 bridgehead atoms. The molecular formula is C12H16N2O3S. The van der Waals surface area contributed by atoms with Crippen molar-refractivity contribution in [2.24, 2.45) is 0 Å². The monoisotopic (exact) mass is 268 g/mol. The van der Waals surface area contributed by atoms with E-state index in [1.165, 1.54) is 6.92 Å². The maximum absolute atomic E-state index is 11.4. The highest BCUT2D eigenvalue weighted by Crippen LogP contribution is 2.10. The number of carbonyl (C=O) groups is 2. The third-order valence-corrected chi connectivity index (χ3v) is 3.19. The third kappa shape index (κ3) is 5.67. The smallest absolute Gasteiger partial charge is 0.325 e. The molecule has 0 saturated heterocycles. The van der Waals surface area contributed by atoms with E-state index in [0.717, 1.165) is 11.4 Å². The highest BCUT2D eigenvalue weighted by Gasteiger charge is 2.13. The first-order valence-corrected chi connectivity index (χ1v) is 6.75. The van der Waals surface area contributed by atoms with Crippen molar-refractivity contribution in [3.05, 3.63) is 30.1 Å². The Morgan fingerprint density at radius 1 is 1.50 bits per heavy atom. The Balaban J connectivity index is 2.14. The van der Waals surface area contributed by atoms with E-state index in [9.17, 15) is 9.59 Å². The van der Waals surface area contributed by atoms with Gasteiger partial charge in [0.25, 0.3) is 0 Å². The Hall–Kier alpha value is -1.56. The average molecular weight is 268 g/mol. The van der Waals surface area contributed by atoms with Crippen LogP contribution in [-0.4, -0.2) is 33.8 Å². The van der Waals surface area contributed by atoms with Crippen molar-refractivity contribution >= 4 is 23.6 Å². The van der Waals surface area contributed by atoms with Gasteiger partial charge in [-0.25, -0.2) is 0 Å². The van der Waals surface area contributed by atoms with Gasteiger partial charge in [0.1, 0.15) is 6.04 Å². The lowest BCUT2D eigenvalue weighted by atomic mass is 10.3. The second-order valence-electron chi connectivity index (χ2n) is 3.75. The Morgan fingerprint density at radius 2 is 2.28 bits per heavy atom. The third-order valence-electron chi connectivity index (χ3n) is 2.20. The number of nitrogens with zero attached hydrogens (tertiary/aromatic N) is 1. The molecule has 1 rings (SSSR count). The molecule has 0 aliphatic heterocycles. The molecule has 5 nitrogen and oxygen atoms in total. The zero-order valence-electron chi connectivity index (χ0n) is 10.1. The van der Waals surface area contributed by atoms with Crippen LogP contribution >= 0.6 is 11.8 Å². The van der Waals surface area contributed by atoms with Crippen molar-refractivity contribution in [2.75, 3.05) is 5.75 Å². The van der Waals surface area contributed by atoms with Crippen molar-refractivity contribution in [3.8, 4) is 0 Å². The van der Waals surface area contributed by atoms with E-state index in [1.807, 2.05) is 18.2 Å². The van der Waals surface area contributed by atoms with Crippen molar-refractivity contribution in [2.45, 2.75) is 25.1 Å². The number of amides is 1. The molecule has 1 aromatic heterocycles. The Kier molecular flexibility index (Phi) is 6.21. The minimum absolute atomic E-state index is 0.238. The first-order chi connectivity index (χ1) is 8.59. The lowest BCUT2D eigenvalue weighted by Gasteiger charge is -2.08. The van der Waals surface area contributed by atoms with Crippen LogP contribution in [0.15, 0.2) is 24.4 Å². The topological polar surface area (TPSA) is 79.3 Å². The molecule has 2 N–H and O–H groups in total. The number of carboxylic acids is 1. The molecule has 1 aromatic rings. The van der Waals surface area contributed by atoms with Crippen molar-refractivity contribution in [1.29, 1.82) is 0 Å². The van der Waals surface area contributed by atoms with E-state index in [2.05, 4.69) is 10.3 Å². The van der Waals surface area contributed by atoms with Gasteiger partial charge in [-0.05, 0) is 19.1 Å². The highest BCUT2D eigenvalue weighted by atomic mass is 32.2. The normalized spacial score (nSPS) is 11.8. The molecule has 1 heterocycles. The molecule has 0 unspecified atom stereocenters. The van der Waals surface area contributed by atoms with Gasteiger partial charge in [0.2, 0.25) is 5.91 Å². The van der Waals surface area contributed by atoms with Crippen LogP contribution in [-0.2, 0) is 15.3 Å². The highest BCUT2D eigenvalue weighted by molar-refractivity contribution is 7.98. The largest absolute Gasteiger partial charge is 0.480 e. The number of hydrogen-bond acceptors (Lipinski definition) is 4. The molecule has 0 spiro atoms. The molecule has 0 radical (unpaired) electrons. The summed E-state index contributed by atoms with van der Waals surface area (Å²) in [5.74, 6) is 0.139. The van der Waals surface area contributed by atoms with Gasteiger partial charge in [0.15, 0.2) is 0 Å². The van der Waals surface area contributed by atoms with Gasteiger partial charge in [-0.1, -0.05) is 6.07 Å². The molecule has 1 amide bonds. The van der Waals surface area contributed by atoms with E-state index >= 15 is 0 Å². The van der Waals surface area contributed by atoms with Gasteiger partial charge in [-0.3, -0.25) is 14.6 Å². The number of thioether (sulfide) groups is 1.